The number of nitrogens with one attached hydrogen (secondary N) is 1. The highest BCUT2D eigenvalue weighted by Crippen LogP contribution is 2.44. The van der Waals surface area contributed by atoms with Crippen molar-refractivity contribution in [3.8, 4) is 5.88 Å². The van der Waals surface area contributed by atoms with Crippen molar-refractivity contribution in [2.45, 2.75) is 57.2 Å². The molecule has 1 N–H and O–H groups in total. The number of halogens is 4. The van der Waals surface area contributed by atoms with Gasteiger partial charge in [0.15, 0.2) is 11.3 Å². The van der Waals surface area contributed by atoms with Gasteiger partial charge in [-0.15, -0.1) is 11.6 Å². The first-order chi connectivity index (χ1) is 11.1. The maximum Gasteiger partial charge on any atom is 0.435 e. The van der Waals surface area contributed by atoms with Crippen LogP contribution < -0.4 is 4.74 Å². The van der Waals surface area contributed by atoms with Crippen LogP contribution in [0.2, 0.25) is 0 Å². The molecule has 0 fully saturated rings. The highest BCUT2D eigenvalue weighted by Gasteiger charge is 2.41. The number of alkyl halides is 4. The minimum absolute atomic E-state index is 0.0247. The van der Waals surface area contributed by atoms with Crippen LogP contribution in [0.25, 0.3) is 0 Å². The van der Waals surface area contributed by atoms with Crippen LogP contribution in [0, 0.1) is 0 Å². The fourth-order valence-electron chi connectivity index (χ4n) is 2.20. The number of aromatic nitrogens is 2. The summed E-state index contributed by atoms with van der Waals surface area (Å²) in [5.41, 5.74) is -1.62. The lowest BCUT2D eigenvalue weighted by atomic mass is 10.1. The van der Waals surface area contributed by atoms with Crippen LogP contribution >= 0.6 is 23.4 Å². The van der Waals surface area contributed by atoms with Gasteiger partial charge in [-0.1, -0.05) is 16.9 Å². The molecule has 1 aromatic heterocycles. The number of rotatable bonds is 5. The third-order valence-corrected chi connectivity index (χ3v) is 4.93. The first-order valence-corrected chi connectivity index (χ1v) is 8.77. The van der Waals surface area contributed by atoms with E-state index in [0.29, 0.717) is 11.5 Å². The molecule has 0 radical (unpaired) electrons. The maximum absolute atomic E-state index is 13.2. The molecule has 10 heteroatoms. The molecule has 0 saturated heterocycles. The van der Waals surface area contributed by atoms with E-state index in [1.54, 1.807) is 27.7 Å². The predicted octanol–water partition coefficient (Wildman–Crippen LogP) is 4.74. The third kappa shape index (κ3) is 4.30. The van der Waals surface area contributed by atoms with Crippen molar-refractivity contribution in [2.75, 3.05) is 5.88 Å². The van der Waals surface area contributed by atoms with E-state index in [4.69, 9.17) is 21.2 Å². The van der Waals surface area contributed by atoms with Crippen molar-refractivity contribution >= 4 is 28.4 Å². The molecule has 0 aliphatic carbocycles. The standard InChI is InChI=1S/C14H19ClF3N3O2S/c1-7(2)22-12-10(11(19-20-12)14(16,17)18)8(3)24-9-5-13(4,6-15)23-21-9/h7-8H,5-6H2,1-4H3,(H,19,20). The topological polar surface area (TPSA) is 59.5 Å². The molecular formula is C14H19ClF3N3O2S. The van der Waals surface area contributed by atoms with E-state index in [1.165, 1.54) is 11.8 Å². The van der Waals surface area contributed by atoms with Crippen LogP contribution in [0.1, 0.15) is 50.6 Å². The molecule has 0 bridgehead atoms. The zero-order valence-corrected chi connectivity index (χ0v) is 15.3. The average molecular weight is 386 g/mol. The van der Waals surface area contributed by atoms with Crippen molar-refractivity contribution in [1.82, 2.24) is 10.2 Å². The van der Waals surface area contributed by atoms with Crippen LogP contribution in [0.5, 0.6) is 5.88 Å². The number of hydrogen-bond acceptors (Lipinski definition) is 5. The summed E-state index contributed by atoms with van der Waals surface area (Å²) in [4.78, 5) is 5.27. The largest absolute Gasteiger partial charge is 0.475 e. The number of hydrogen-bond donors (Lipinski definition) is 1. The van der Waals surface area contributed by atoms with Crippen LogP contribution in [0.4, 0.5) is 13.2 Å². The van der Waals surface area contributed by atoms with Gasteiger partial charge in [0, 0.05) is 11.7 Å². The second-order valence-corrected chi connectivity index (χ2v) is 7.76. The summed E-state index contributed by atoms with van der Waals surface area (Å²) < 4.78 is 45.1. The van der Waals surface area contributed by atoms with E-state index >= 15 is 0 Å². The van der Waals surface area contributed by atoms with E-state index in [2.05, 4.69) is 15.4 Å². The molecule has 136 valence electrons. The van der Waals surface area contributed by atoms with Crippen LogP contribution in [0.15, 0.2) is 5.16 Å². The second kappa shape index (κ2) is 7.03. The fraction of sp³-hybridized carbons (Fsp3) is 0.714. The number of thioether (sulfide) groups is 1. The first-order valence-electron chi connectivity index (χ1n) is 7.35. The van der Waals surface area contributed by atoms with Crippen LogP contribution in [-0.2, 0) is 11.0 Å². The van der Waals surface area contributed by atoms with E-state index in [0.717, 1.165) is 0 Å². The smallest absolute Gasteiger partial charge is 0.435 e. The van der Waals surface area contributed by atoms with Gasteiger partial charge in [-0.25, -0.2) is 5.10 Å². The number of H-pyrrole nitrogens is 1. The van der Waals surface area contributed by atoms with Gasteiger partial charge in [-0.05, 0) is 27.7 Å². The molecule has 1 aromatic rings. The Balaban J connectivity index is 2.24. The summed E-state index contributed by atoms with van der Waals surface area (Å²) in [6.45, 7) is 6.91. The highest BCUT2D eigenvalue weighted by atomic mass is 35.5. The maximum atomic E-state index is 13.2. The highest BCUT2D eigenvalue weighted by molar-refractivity contribution is 8.14. The van der Waals surface area contributed by atoms with Gasteiger partial charge in [0.25, 0.3) is 0 Å². The first kappa shape index (κ1) is 19.2. The van der Waals surface area contributed by atoms with Gasteiger partial charge in [-0.2, -0.15) is 18.3 Å². The van der Waals surface area contributed by atoms with Gasteiger partial charge in [0.1, 0.15) is 5.04 Å². The Labute approximate surface area is 147 Å². The Hall–Kier alpha value is -1.09. The van der Waals surface area contributed by atoms with Crippen LogP contribution in [-0.4, -0.2) is 32.8 Å². The van der Waals surface area contributed by atoms with Crippen molar-refractivity contribution in [2.24, 2.45) is 5.16 Å². The average Bonchev–Trinajstić information content (AvgIpc) is 3.02. The number of oxime groups is 1. The van der Waals surface area contributed by atoms with Crippen molar-refractivity contribution in [1.29, 1.82) is 0 Å². The fourth-order valence-corrected chi connectivity index (χ4v) is 3.55. The lowest BCUT2D eigenvalue weighted by Crippen LogP contribution is -2.26. The van der Waals surface area contributed by atoms with E-state index in [9.17, 15) is 13.2 Å². The minimum Gasteiger partial charge on any atom is -0.475 e. The van der Waals surface area contributed by atoms with Gasteiger partial charge in [0.2, 0.25) is 5.88 Å². The monoisotopic (exact) mass is 385 g/mol. The van der Waals surface area contributed by atoms with E-state index in [1.807, 2.05) is 0 Å². The summed E-state index contributed by atoms with van der Waals surface area (Å²) in [5, 5.41) is 9.70. The molecule has 0 amide bonds. The molecule has 2 unspecified atom stereocenters. The molecule has 5 nitrogen and oxygen atoms in total. The number of ether oxygens (including phenoxy) is 1. The Kier molecular flexibility index (Phi) is 5.64. The van der Waals surface area contributed by atoms with Crippen molar-refractivity contribution < 1.29 is 22.7 Å². The zero-order valence-electron chi connectivity index (χ0n) is 13.7. The van der Waals surface area contributed by atoms with E-state index < -0.39 is 22.7 Å². The quantitative estimate of drug-likeness (QED) is 0.743. The normalized spacial score (nSPS) is 22.5. The van der Waals surface area contributed by atoms with Gasteiger partial charge in [0.05, 0.1) is 17.5 Å². The number of nitrogens with zero attached hydrogens (tertiary/aromatic N) is 2. The van der Waals surface area contributed by atoms with Crippen molar-refractivity contribution in [3.63, 3.8) is 0 Å². The Bertz CT molecular complexity index is 621. The Morgan fingerprint density at radius 1 is 1.42 bits per heavy atom. The molecule has 0 spiro atoms. The summed E-state index contributed by atoms with van der Waals surface area (Å²) in [6.07, 6.45) is -4.41. The van der Waals surface area contributed by atoms with Gasteiger partial charge in [-0.3, -0.25) is 0 Å². The van der Waals surface area contributed by atoms with Crippen molar-refractivity contribution in [3.05, 3.63) is 11.3 Å². The molecule has 0 saturated carbocycles. The summed E-state index contributed by atoms with van der Waals surface area (Å²) >= 11 is 7.01. The molecular weight excluding hydrogens is 367 g/mol. The zero-order chi connectivity index (χ0) is 18.1. The summed E-state index contributed by atoms with van der Waals surface area (Å²) in [5.74, 6) is 0.271. The van der Waals surface area contributed by atoms with E-state index in [-0.39, 0.29) is 23.4 Å². The molecule has 1 aliphatic heterocycles. The second-order valence-electron chi connectivity index (χ2n) is 6.08. The Morgan fingerprint density at radius 3 is 2.58 bits per heavy atom. The molecule has 24 heavy (non-hydrogen) atoms. The third-order valence-electron chi connectivity index (χ3n) is 3.29. The molecule has 1 aliphatic rings. The minimum atomic E-state index is -4.57. The lowest BCUT2D eigenvalue weighted by molar-refractivity contribution is -0.141. The molecule has 0 aromatic carbocycles. The molecule has 2 atom stereocenters. The summed E-state index contributed by atoms with van der Waals surface area (Å²) in [6, 6.07) is 0. The lowest BCUT2D eigenvalue weighted by Gasteiger charge is -2.18. The summed E-state index contributed by atoms with van der Waals surface area (Å²) in [7, 11) is 0. The number of aromatic amines is 1. The van der Waals surface area contributed by atoms with Crippen LogP contribution in [0.3, 0.4) is 0 Å². The SMILES string of the molecule is CC(C)Oc1[nH]nc(C(F)(F)F)c1C(C)SC1=NOC(C)(CCl)C1. The van der Waals surface area contributed by atoms with Gasteiger partial charge >= 0.3 is 6.18 Å². The Morgan fingerprint density at radius 2 is 2.08 bits per heavy atom. The predicted molar refractivity (Wildman–Crippen MR) is 87.6 cm³/mol. The molecule has 2 rings (SSSR count). The molecule has 2 heterocycles. The van der Waals surface area contributed by atoms with Gasteiger partial charge < -0.3 is 9.57 Å².